The number of ether oxygens (including phenoxy) is 2. The quantitative estimate of drug-likeness (QED) is 0.461. The third-order valence-corrected chi connectivity index (χ3v) is 1.87. The van der Waals surface area contributed by atoms with Crippen LogP contribution in [0.4, 0.5) is 0 Å². The van der Waals surface area contributed by atoms with Gasteiger partial charge in [0.2, 0.25) is 0 Å². The summed E-state index contributed by atoms with van der Waals surface area (Å²) < 4.78 is 9.65. The Morgan fingerprint density at radius 3 is 2.75 bits per heavy atom. The standard InChI is InChI=1S/C8H15NO3/c1-11-2-3-12-8(10)4-7-5-9-6-7/h7,9H,2-6H2,1H3. The summed E-state index contributed by atoms with van der Waals surface area (Å²) in [5, 5.41) is 3.10. The van der Waals surface area contributed by atoms with Crippen molar-refractivity contribution in [3.8, 4) is 0 Å². The Balaban J connectivity index is 1.95. The minimum absolute atomic E-state index is 0.112. The van der Waals surface area contributed by atoms with E-state index in [0.717, 1.165) is 13.1 Å². The van der Waals surface area contributed by atoms with Gasteiger partial charge < -0.3 is 14.8 Å². The Labute approximate surface area is 72.2 Å². The Bertz CT molecular complexity index is 145. The Hall–Kier alpha value is -0.610. The van der Waals surface area contributed by atoms with Gasteiger partial charge in [0.15, 0.2) is 0 Å². The number of hydrogen-bond acceptors (Lipinski definition) is 4. The maximum atomic E-state index is 11.0. The third kappa shape index (κ3) is 3.19. The van der Waals surface area contributed by atoms with Crippen molar-refractivity contribution in [2.24, 2.45) is 5.92 Å². The lowest BCUT2D eigenvalue weighted by Crippen LogP contribution is -2.43. The molecule has 0 unspecified atom stereocenters. The second kappa shape index (κ2) is 5.11. The van der Waals surface area contributed by atoms with Crippen molar-refractivity contribution in [3.05, 3.63) is 0 Å². The normalized spacial score (nSPS) is 17.1. The number of rotatable bonds is 5. The summed E-state index contributed by atoms with van der Waals surface area (Å²) in [5.41, 5.74) is 0. The minimum Gasteiger partial charge on any atom is -0.463 e. The van der Waals surface area contributed by atoms with Crippen LogP contribution < -0.4 is 5.32 Å². The van der Waals surface area contributed by atoms with E-state index in [-0.39, 0.29) is 5.97 Å². The Morgan fingerprint density at radius 1 is 1.50 bits per heavy atom. The van der Waals surface area contributed by atoms with Gasteiger partial charge in [-0.25, -0.2) is 0 Å². The van der Waals surface area contributed by atoms with Crippen molar-refractivity contribution in [3.63, 3.8) is 0 Å². The molecule has 0 aromatic heterocycles. The van der Waals surface area contributed by atoms with E-state index < -0.39 is 0 Å². The molecule has 1 N–H and O–H groups in total. The minimum atomic E-state index is -0.112. The van der Waals surface area contributed by atoms with E-state index in [1.165, 1.54) is 0 Å². The first-order valence-electron chi connectivity index (χ1n) is 4.18. The Morgan fingerprint density at radius 2 is 2.25 bits per heavy atom. The molecule has 1 aliphatic rings. The van der Waals surface area contributed by atoms with Crippen molar-refractivity contribution in [2.45, 2.75) is 6.42 Å². The number of hydrogen-bond donors (Lipinski definition) is 1. The molecule has 0 atom stereocenters. The van der Waals surface area contributed by atoms with E-state index in [1.54, 1.807) is 7.11 Å². The van der Waals surface area contributed by atoms with Crippen LogP contribution in [-0.4, -0.2) is 39.4 Å². The zero-order chi connectivity index (χ0) is 8.81. The summed E-state index contributed by atoms with van der Waals surface area (Å²) in [6, 6.07) is 0. The van der Waals surface area contributed by atoms with E-state index in [0.29, 0.717) is 25.6 Å². The van der Waals surface area contributed by atoms with Crippen molar-refractivity contribution < 1.29 is 14.3 Å². The molecule has 70 valence electrons. The summed E-state index contributed by atoms with van der Waals surface area (Å²) in [6.45, 7) is 2.74. The first-order valence-corrected chi connectivity index (χ1v) is 4.18. The summed E-state index contributed by atoms with van der Waals surface area (Å²) in [4.78, 5) is 11.0. The summed E-state index contributed by atoms with van der Waals surface area (Å²) in [6.07, 6.45) is 0.538. The van der Waals surface area contributed by atoms with E-state index in [2.05, 4.69) is 5.32 Å². The van der Waals surface area contributed by atoms with E-state index in [4.69, 9.17) is 9.47 Å². The molecule has 0 aliphatic carbocycles. The average molecular weight is 173 g/mol. The van der Waals surface area contributed by atoms with Gasteiger partial charge in [-0.1, -0.05) is 0 Å². The zero-order valence-electron chi connectivity index (χ0n) is 7.34. The van der Waals surface area contributed by atoms with Crippen molar-refractivity contribution in [1.29, 1.82) is 0 Å². The average Bonchev–Trinajstić information content (AvgIpc) is 1.98. The molecule has 1 aliphatic heterocycles. The molecule has 0 bridgehead atoms. The number of carbonyl (C=O) groups is 1. The molecule has 0 saturated carbocycles. The molecule has 12 heavy (non-hydrogen) atoms. The number of carbonyl (C=O) groups excluding carboxylic acids is 1. The van der Waals surface area contributed by atoms with Crippen LogP contribution >= 0.6 is 0 Å². The van der Waals surface area contributed by atoms with Gasteiger partial charge in [0.1, 0.15) is 6.61 Å². The van der Waals surface area contributed by atoms with Crippen LogP contribution in [0.15, 0.2) is 0 Å². The van der Waals surface area contributed by atoms with Crippen LogP contribution in [0.1, 0.15) is 6.42 Å². The molecule has 4 heteroatoms. The lowest BCUT2D eigenvalue weighted by atomic mass is 10.00. The molecule has 0 radical (unpaired) electrons. The molecule has 0 aromatic rings. The highest BCUT2D eigenvalue weighted by Crippen LogP contribution is 2.08. The fourth-order valence-electron chi connectivity index (χ4n) is 1.03. The lowest BCUT2D eigenvalue weighted by Gasteiger charge is -2.25. The first kappa shape index (κ1) is 9.48. The van der Waals surface area contributed by atoms with Crippen LogP contribution in [0.2, 0.25) is 0 Å². The van der Waals surface area contributed by atoms with Gasteiger partial charge in [-0.05, 0) is 19.0 Å². The highest BCUT2D eigenvalue weighted by molar-refractivity contribution is 5.69. The van der Waals surface area contributed by atoms with Crippen molar-refractivity contribution in [1.82, 2.24) is 5.32 Å². The van der Waals surface area contributed by atoms with Gasteiger partial charge in [-0.2, -0.15) is 0 Å². The molecule has 0 aromatic carbocycles. The van der Waals surface area contributed by atoms with E-state index in [1.807, 2.05) is 0 Å². The zero-order valence-corrected chi connectivity index (χ0v) is 7.34. The molecular weight excluding hydrogens is 158 g/mol. The fraction of sp³-hybridized carbons (Fsp3) is 0.875. The first-order chi connectivity index (χ1) is 5.83. The highest BCUT2D eigenvalue weighted by Gasteiger charge is 2.20. The maximum Gasteiger partial charge on any atom is 0.306 e. The van der Waals surface area contributed by atoms with E-state index >= 15 is 0 Å². The van der Waals surface area contributed by atoms with Gasteiger partial charge in [0, 0.05) is 7.11 Å². The van der Waals surface area contributed by atoms with Gasteiger partial charge in [0.25, 0.3) is 0 Å². The van der Waals surface area contributed by atoms with Crippen LogP contribution in [0.25, 0.3) is 0 Å². The van der Waals surface area contributed by atoms with Crippen LogP contribution in [0.3, 0.4) is 0 Å². The topological polar surface area (TPSA) is 47.6 Å². The van der Waals surface area contributed by atoms with Crippen LogP contribution in [0, 0.1) is 5.92 Å². The molecule has 1 saturated heterocycles. The van der Waals surface area contributed by atoms with Crippen LogP contribution in [-0.2, 0) is 14.3 Å². The van der Waals surface area contributed by atoms with Crippen molar-refractivity contribution in [2.75, 3.05) is 33.4 Å². The predicted octanol–water partition coefficient (Wildman–Crippen LogP) is -0.215. The van der Waals surface area contributed by atoms with Gasteiger partial charge in [-0.3, -0.25) is 4.79 Å². The molecule has 1 rings (SSSR count). The predicted molar refractivity (Wildman–Crippen MR) is 43.8 cm³/mol. The second-order valence-corrected chi connectivity index (χ2v) is 2.94. The molecule has 1 fully saturated rings. The van der Waals surface area contributed by atoms with Crippen LogP contribution in [0.5, 0.6) is 0 Å². The molecule has 0 spiro atoms. The summed E-state index contributed by atoms with van der Waals surface area (Å²) in [5.74, 6) is 0.374. The van der Waals surface area contributed by atoms with Crippen molar-refractivity contribution >= 4 is 5.97 Å². The highest BCUT2D eigenvalue weighted by atomic mass is 16.6. The molecular formula is C8H15NO3. The Kier molecular flexibility index (Phi) is 4.04. The number of nitrogens with one attached hydrogen (secondary N) is 1. The van der Waals surface area contributed by atoms with Gasteiger partial charge in [0.05, 0.1) is 13.0 Å². The third-order valence-electron chi connectivity index (χ3n) is 1.87. The molecule has 1 heterocycles. The van der Waals surface area contributed by atoms with E-state index in [9.17, 15) is 4.79 Å². The maximum absolute atomic E-state index is 11.0. The largest absolute Gasteiger partial charge is 0.463 e. The second-order valence-electron chi connectivity index (χ2n) is 2.94. The number of esters is 1. The lowest BCUT2D eigenvalue weighted by molar-refractivity contribution is -0.146. The molecule has 0 amide bonds. The number of methoxy groups -OCH3 is 1. The van der Waals surface area contributed by atoms with Gasteiger partial charge >= 0.3 is 5.97 Å². The smallest absolute Gasteiger partial charge is 0.306 e. The SMILES string of the molecule is COCCOC(=O)CC1CNC1. The summed E-state index contributed by atoms with van der Waals surface area (Å²) >= 11 is 0. The molecule has 4 nitrogen and oxygen atoms in total. The fourth-order valence-corrected chi connectivity index (χ4v) is 1.03. The monoisotopic (exact) mass is 173 g/mol. The van der Waals surface area contributed by atoms with Gasteiger partial charge in [-0.15, -0.1) is 0 Å². The summed E-state index contributed by atoms with van der Waals surface area (Å²) in [7, 11) is 1.59.